The Kier molecular flexibility index (Phi) is 2.02. The van der Waals surface area contributed by atoms with E-state index in [2.05, 4.69) is 23.0 Å². The van der Waals surface area contributed by atoms with Crippen LogP contribution < -0.4 is 11.5 Å². The van der Waals surface area contributed by atoms with Crippen LogP contribution in [0, 0.1) is 0 Å². The Morgan fingerprint density at radius 3 is 2.23 bits per heavy atom. The maximum absolute atomic E-state index is 5.73. The number of anilines is 2. The molecule has 1 aromatic carbocycles. The third-order valence-corrected chi connectivity index (χ3v) is 3.83. The molecule has 0 radical (unpaired) electrons. The Hall–Kier alpha value is -1.35. The average molecular weight is 192 g/mol. The van der Waals surface area contributed by atoms with Crippen molar-refractivity contribution in [3.8, 4) is 0 Å². The van der Waals surface area contributed by atoms with Crippen molar-refractivity contribution < 1.29 is 0 Å². The first-order chi connectivity index (χ1) is 6.27. The Morgan fingerprint density at radius 2 is 1.62 bits per heavy atom. The molecular weight excluding hydrogens is 180 g/mol. The molecule has 0 saturated heterocycles. The Balaban J connectivity index is 2.36. The van der Waals surface area contributed by atoms with Crippen LogP contribution >= 0.6 is 10.9 Å². The summed E-state index contributed by atoms with van der Waals surface area (Å²) >= 11 is 0. The molecule has 0 bridgehead atoms. The monoisotopic (exact) mass is 192 g/mol. The zero-order valence-corrected chi connectivity index (χ0v) is 8.04. The van der Waals surface area contributed by atoms with Gasteiger partial charge in [0.05, 0.1) is 11.4 Å². The fourth-order valence-corrected chi connectivity index (χ4v) is 2.78. The molecule has 1 aliphatic rings. The molecule has 3 heteroatoms. The minimum Gasteiger partial charge on any atom is -0.397 e. The van der Waals surface area contributed by atoms with Crippen molar-refractivity contribution in [1.29, 1.82) is 0 Å². The molecule has 1 aromatic rings. The first kappa shape index (κ1) is 8.26. The quantitative estimate of drug-likeness (QED) is 0.472. The van der Waals surface area contributed by atoms with Gasteiger partial charge in [-0.1, -0.05) is 12.2 Å². The summed E-state index contributed by atoms with van der Waals surface area (Å²) in [4.78, 5) is 1.26. The Labute approximate surface area is 80.3 Å². The second-order valence-electron chi connectivity index (χ2n) is 2.90. The molecule has 0 aromatic heterocycles. The highest BCUT2D eigenvalue weighted by Gasteiger charge is 2.04. The van der Waals surface area contributed by atoms with Crippen molar-refractivity contribution >= 4 is 22.3 Å². The number of nitrogen functional groups attached to an aromatic ring is 2. The minimum absolute atomic E-state index is 0.265. The fraction of sp³-hybridized carbons (Fsp3) is 0. The van der Waals surface area contributed by atoms with E-state index in [1.807, 2.05) is 18.2 Å². The molecule has 0 amide bonds. The van der Waals surface area contributed by atoms with E-state index in [9.17, 15) is 0 Å². The number of hydrogen-bond donors (Lipinski definition) is 3. The molecule has 0 fully saturated rings. The average Bonchev–Trinajstić information content (AvgIpc) is 2.62. The predicted octanol–water partition coefficient (Wildman–Crippen LogP) is 2.25. The van der Waals surface area contributed by atoms with Gasteiger partial charge in [-0.15, -0.1) is 0 Å². The summed E-state index contributed by atoms with van der Waals surface area (Å²) in [6, 6.07) is 5.87. The van der Waals surface area contributed by atoms with Crippen LogP contribution in [0.1, 0.15) is 0 Å². The number of thiol groups is 1. The summed E-state index contributed by atoms with van der Waals surface area (Å²) in [5.41, 5.74) is 12.7. The molecule has 0 aliphatic carbocycles. The van der Waals surface area contributed by atoms with E-state index in [0.29, 0.717) is 11.4 Å². The zero-order valence-electron chi connectivity index (χ0n) is 7.14. The van der Waals surface area contributed by atoms with Gasteiger partial charge in [0.2, 0.25) is 0 Å². The van der Waals surface area contributed by atoms with Crippen LogP contribution in [-0.2, 0) is 0 Å². The lowest BCUT2D eigenvalue weighted by Crippen LogP contribution is -1.94. The van der Waals surface area contributed by atoms with Crippen molar-refractivity contribution in [1.82, 2.24) is 0 Å². The van der Waals surface area contributed by atoms with Crippen molar-refractivity contribution in [2.45, 2.75) is 4.90 Å². The van der Waals surface area contributed by atoms with E-state index in [1.165, 1.54) is 4.90 Å². The largest absolute Gasteiger partial charge is 0.397 e. The molecule has 0 atom stereocenters. The highest BCUT2D eigenvalue weighted by Crippen LogP contribution is 2.43. The highest BCUT2D eigenvalue weighted by atomic mass is 32.2. The van der Waals surface area contributed by atoms with Crippen molar-refractivity contribution in [2.75, 3.05) is 11.5 Å². The van der Waals surface area contributed by atoms with Crippen LogP contribution in [0.15, 0.2) is 46.1 Å². The predicted molar refractivity (Wildman–Crippen MR) is 60.8 cm³/mol. The molecule has 0 unspecified atom stereocenters. The van der Waals surface area contributed by atoms with E-state index in [0.717, 1.165) is 0 Å². The maximum Gasteiger partial charge on any atom is 0.0558 e. The van der Waals surface area contributed by atoms with Crippen LogP contribution in [0.3, 0.4) is 0 Å². The summed E-state index contributed by atoms with van der Waals surface area (Å²) in [6.45, 7) is 0. The standard InChI is InChI=1S/C10H12N2S/c11-9-4-3-8(7-10(9)12)13-5-1-2-6-13/h1-7,13H,11-12H2. The molecule has 0 saturated carbocycles. The number of hydrogen-bond acceptors (Lipinski definition) is 2. The summed E-state index contributed by atoms with van der Waals surface area (Å²) in [5.74, 6) is 0. The first-order valence-electron chi connectivity index (χ1n) is 4.06. The smallest absolute Gasteiger partial charge is 0.0558 e. The normalized spacial score (nSPS) is 16.8. The van der Waals surface area contributed by atoms with Crippen LogP contribution in [0.2, 0.25) is 0 Å². The summed E-state index contributed by atoms with van der Waals surface area (Å²) in [5, 5.41) is 4.39. The zero-order chi connectivity index (χ0) is 9.26. The molecular formula is C10H12N2S. The topological polar surface area (TPSA) is 52.0 Å². The highest BCUT2D eigenvalue weighted by molar-refractivity contribution is 8.22. The molecule has 4 N–H and O–H groups in total. The lowest BCUT2D eigenvalue weighted by molar-refractivity contribution is 1.46. The van der Waals surface area contributed by atoms with Crippen LogP contribution in [0.25, 0.3) is 0 Å². The van der Waals surface area contributed by atoms with Gasteiger partial charge >= 0.3 is 0 Å². The van der Waals surface area contributed by atoms with Crippen LogP contribution in [0.5, 0.6) is 0 Å². The van der Waals surface area contributed by atoms with Gasteiger partial charge in [0, 0.05) is 0 Å². The van der Waals surface area contributed by atoms with Crippen molar-refractivity contribution in [2.24, 2.45) is 0 Å². The first-order valence-corrected chi connectivity index (χ1v) is 5.54. The summed E-state index contributed by atoms with van der Waals surface area (Å²) in [7, 11) is -0.265. The third kappa shape index (κ3) is 1.55. The fourth-order valence-electron chi connectivity index (χ4n) is 1.23. The second kappa shape index (κ2) is 3.18. The van der Waals surface area contributed by atoms with Gasteiger partial charge in [0.1, 0.15) is 0 Å². The van der Waals surface area contributed by atoms with Gasteiger partial charge in [-0.05, 0) is 33.9 Å². The molecule has 0 spiro atoms. The second-order valence-corrected chi connectivity index (χ2v) is 4.83. The molecule has 13 heavy (non-hydrogen) atoms. The Morgan fingerprint density at radius 1 is 0.923 bits per heavy atom. The number of nitrogens with two attached hydrogens (primary N) is 2. The van der Waals surface area contributed by atoms with Crippen LogP contribution in [-0.4, -0.2) is 0 Å². The SMILES string of the molecule is Nc1ccc([SH]2C=CC=C2)cc1N. The maximum atomic E-state index is 5.73. The van der Waals surface area contributed by atoms with E-state index in [1.54, 1.807) is 0 Å². The Bertz CT molecular complexity index is 371. The lowest BCUT2D eigenvalue weighted by atomic mass is 10.3. The van der Waals surface area contributed by atoms with Crippen molar-refractivity contribution in [3.05, 3.63) is 41.2 Å². The van der Waals surface area contributed by atoms with E-state index < -0.39 is 0 Å². The van der Waals surface area contributed by atoms with E-state index in [4.69, 9.17) is 11.5 Å². The number of benzene rings is 1. The van der Waals surface area contributed by atoms with Gasteiger partial charge < -0.3 is 11.5 Å². The number of allylic oxidation sites excluding steroid dienone is 2. The molecule has 68 valence electrons. The lowest BCUT2D eigenvalue weighted by Gasteiger charge is -2.11. The van der Waals surface area contributed by atoms with E-state index in [-0.39, 0.29) is 10.9 Å². The third-order valence-electron chi connectivity index (χ3n) is 1.97. The number of rotatable bonds is 1. The summed E-state index contributed by atoms with van der Waals surface area (Å²) < 4.78 is 0. The van der Waals surface area contributed by atoms with Crippen molar-refractivity contribution in [3.63, 3.8) is 0 Å². The van der Waals surface area contributed by atoms with Gasteiger partial charge in [-0.25, -0.2) is 0 Å². The van der Waals surface area contributed by atoms with Gasteiger partial charge in [-0.3, -0.25) is 0 Å². The molecule has 1 heterocycles. The van der Waals surface area contributed by atoms with Gasteiger partial charge in [0.25, 0.3) is 0 Å². The van der Waals surface area contributed by atoms with E-state index >= 15 is 0 Å². The molecule has 2 nitrogen and oxygen atoms in total. The molecule has 2 rings (SSSR count). The molecule has 1 aliphatic heterocycles. The minimum atomic E-state index is -0.265. The van der Waals surface area contributed by atoms with Gasteiger partial charge in [0.15, 0.2) is 0 Å². The summed E-state index contributed by atoms with van der Waals surface area (Å²) in [6.07, 6.45) is 4.14. The van der Waals surface area contributed by atoms with Crippen LogP contribution in [0.4, 0.5) is 11.4 Å². The van der Waals surface area contributed by atoms with Gasteiger partial charge in [-0.2, -0.15) is 10.9 Å².